The normalized spacial score (nSPS) is 23.2. The molecule has 2 nitrogen and oxygen atoms in total. The first-order chi connectivity index (χ1) is 5.22. The van der Waals surface area contributed by atoms with E-state index in [9.17, 15) is 5.11 Å². The molecular weight excluding hydrogens is 138 g/mol. The molecule has 2 heteroatoms. The third kappa shape index (κ3) is 2.80. The Balaban J connectivity index is 1.96. The Kier molecular flexibility index (Phi) is 3.34. The van der Waals surface area contributed by atoms with Crippen molar-refractivity contribution in [3.63, 3.8) is 0 Å². The molecule has 0 aromatic heterocycles. The van der Waals surface area contributed by atoms with Gasteiger partial charge in [0.05, 0.1) is 6.10 Å². The smallest absolute Gasteiger partial charge is 0.0549 e. The number of aliphatic hydroxyl groups is 1. The number of likely N-dealkylation sites (tertiary alicyclic amines) is 1. The SMILES string of the molecule is CCC(O)CCN1CC(C)C1. The fourth-order valence-corrected chi connectivity index (χ4v) is 1.55. The van der Waals surface area contributed by atoms with E-state index in [4.69, 9.17) is 0 Å². The minimum absolute atomic E-state index is 0.0779. The lowest BCUT2D eigenvalue weighted by atomic mass is 10.0. The van der Waals surface area contributed by atoms with Crippen molar-refractivity contribution < 1.29 is 5.11 Å². The molecule has 0 aromatic rings. The van der Waals surface area contributed by atoms with Crippen LogP contribution < -0.4 is 0 Å². The molecule has 66 valence electrons. The molecule has 1 atom stereocenters. The lowest BCUT2D eigenvalue weighted by Gasteiger charge is -2.37. The molecule has 1 unspecified atom stereocenters. The van der Waals surface area contributed by atoms with Gasteiger partial charge in [-0.1, -0.05) is 13.8 Å². The summed E-state index contributed by atoms with van der Waals surface area (Å²) in [5, 5.41) is 9.27. The Morgan fingerprint density at radius 2 is 2.18 bits per heavy atom. The summed E-state index contributed by atoms with van der Waals surface area (Å²) >= 11 is 0. The minimum Gasteiger partial charge on any atom is -0.393 e. The summed E-state index contributed by atoms with van der Waals surface area (Å²) < 4.78 is 0. The third-order valence-corrected chi connectivity index (χ3v) is 2.39. The second-order valence-corrected chi connectivity index (χ2v) is 3.72. The molecule has 1 heterocycles. The molecule has 0 aromatic carbocycles. The fraction of sp³-hybridized carbons (Fsp3) is 1.00. The molecule has 0 radical (unpaired) electrons. The van der Waals surface area contributed by atoms with Crippen LogP contribution in [0.5, 0.6) is 0 Å². The van der Waals surface area contributed by atoms with Crippen LogP contribution in [0.25, 0.3) is 0 Å². The van der Waals surface area contributed by atoms with E-state index in [1.165, 1.54) is 13.1 Å². The summed E-state index contributed by atoms with van der Waals surface area (Å²) in [5.74, 6) is 0.883. The highest BCUT2D eigenvalue weighted by molar-refractivity contribution is 4.76. The second kappa shape index (κ2) is 4.07. The number of hydrogen-bond acceptors (Lipinski definition) is 2. The van der Waals surface area contributed by atoms with Gasteiger partial charge >= 0.3 is 0 Å². The molecule has 0 aliphatic carbocycles. The monoisotopic (exact) mass is 157 g/mol. The standard InChI is InChI=1S/C9H19NO/c1-3-9(11)4-5-10-6-8(2)7-10/h8-9,11H,3-7H2,1-2H3. The average molecular weight is 157 g/mol. The van der Waals surface area contributed by atoms with E-state index in [0.717, 1.165) is 25.3 Å². The van der Waals surface area contributed by atoms with Crippen LogP contribution in [-0.4, -0.2) is 35.7 Å². The number of rotatable bonds is 4. The zero-order valence-corrected chi connectivity index (χ0v) is 7.58. The summed E-state index contributed by atoms with van der Waals surface area (Å²) in [5.41, 5.74) is 0. The first kappa shape index (κ1) is 9.01. The van der Waals surface area contributed by atoms with Gasteiger partial charge in [-0.25, -0.2) is 0 Å². The molecular formula is C9H19NO. The van der Waals surface area contributed by atoms with Gasteiger partial charge in [0.25, 0.3) is 0 Å². The Labute approximate surface area is 69.2 Å². The van der Waals surface area contributed by atoms with Crippen molar-refractivity contribution in [1.82, 2.24) is 4.90 Å². The van der Waals surface area contributed by atoms with Crippen LogP contribution in [0.1, 0.15) is 26.7 Å². The van der Waals surface area contributed by atoms with Gasteiger partial charge in [0.15, 0.2) is 0 Å². The topological polar surface area (TPSA) is 23.5 Å². The highest BCUT2D eigenvalue weighted by Gasteiger charge is 2.21. The summed E-state index contributed by atoms with van der Waals surface area (Å²) in [7, 11) is 0. The van der Waals surface area contributed by atoms with Gasteiger partial charge in [-0.05, 0) is 18.8 Å². The van der Waals surface area contributed by atoms with Gasteiger partial charge < -0.3 is 10.0 Å². The Hall–Kier alpha value is -0.0800. The molecule has 1 saturated heterocycles. The van der Waals surface area contributed by atoms with Crippen LogP contribution in [0.15, 0.2) is 0 Å². The van der Waals surface area contributed by atoms with Crippen LogP contribution >= 0.6 is 0 Å². The minimum atomic E-state index is -0.0779. The highest BCUT2D eigenvalue weighted by Crippen LogP contribution is 2.14. The van der Waals surface area contributed by atoms with Crippen LogP contribution in [0, 0.1) is 5.92 Å². The first-order valence-corrected chi connectivity index (χ1v) is 4.62. The summed E-state index contributed by atoms with van der Waals surface area (Å²) in [6.45, 7) is 7.85. The largest absolute Gasteiger partial charge is 0.393 e. The van der Waals surface area contributed by atoms with Crippen molar-refractivity contribution in [2.45, 2.75) is 32.8 Å². The molecule has 1 aliphatic heterocycles. The Morgan fingerprint density at radius 1 is 1.55 bits per heavy atom. The van der Waals surface area contributed by atoms with E-state index in [-0.39, 0.29) is 6.10 Å². The third-order valence-electron chi connectivity index (χ3n) is 2.39. The van der Waals surface area contributed by atoms with Crippen LogP contribution in [0.4, 0.5) is 0 Å². The van der Waals surface area contributed by atoms with Crippen molar-refractivity contribution in [1.29, 1.82) is 0 Å². The van der Waals surface area contributed by atoms with Gasteiger partial charge in [-0.3, -0.25) is 0 Å². The molecule has 0 bridgehead atoms. The van der Waals surface area contributed by atoms with Crippen LogP contribution in [-0.2, 0) is 0 Å². The van der Waals surface area contributed by atoms with Crippen molar-refractivity contribution >= 4 is 0 Å². The van der Waals surface area contributed by atoms with Crippen molar-refractivity contribution in [2.24, 2.45) is 5.92 Å². The maximum absolute atomic E-state index is 9.27. The van der Waals surface area contributed by atoms with E-state index in [0.29, 0.717) is 0 Å². The van der Waals surface area contributed by atoms with E-state index in [1.807, 2.05) is 6.92 Å². The molecule has 11 heavy (non-hydrogen) atoms. The summed E-state index contributed by atoms with van der Waals surface area (Å²) in [4.78, 5) is 2.41. The number of nitrogens with zero attached hydrogens (tertiary/aromatic N) is 1. The van der Waals surface area contributed by atoms with Gasteiger partial charge in [0.2, 0.25) is 0 Å². The van der Waals surface area contributed by atoms with E-state index >= 15 is 0 Å². The van der Waals surface area contributed by atoms with Gasteiger partial charge in [0, 0.05) is 19.6 Å². The molecule has 0 saturated carbocycles. The van der Waals surface area contributed by atoms with E-state index in [2.05, 4.69) is 11.8 Å². The fourth-order valence-electron chi connectivity index (χ4n) is 1.55. The second-order valence-electron chi connectivity index (χ2n) is 3.72. The maximum atomic E-state index is 9.27. The first-order valence-electron chi connectivity index (χ1n) is 4.62. The predicted octanol–water partition coefficient (Wildman–Crippen LogP) is 1.10. The van der Waals surface area contributed by atoms with E-state index < -0.39 is 0 Å². The van der Waals surface area contributed by atoms with Gasteiger partial charge in [-0.15, -0.1) is 0 Å². The van der Waals surface area contributed by atoms with Crippen molar-refractivity contribution in [3.05, 3.63) is 0 Å². The lowest BCUT2D eigenvalue weighted by Crippen LogP contribution is -2.45. The maximum Gasteiger partial charge on any atom is 0.0549 e. The molecule has 0 spiro atoms. The van der Waals surface area contributed by atoms with E-state index in [1.54, 1.807) is 0 Å². The average Bonchev–Trinajstić information content (AvgIpc) is 1.95. The van der Waals surface area contributed by atoms with Crippen molar-refractivity contribution in [2.75, 3.05) is 19.6 Å². The summed E-state index contributed by atoms with van der Waals surface area (Å²) in [6, 6.07) is 0. The number of hydrogen-bond donors (Lipinski definition) is 1. The highest BCUT2D eigenvalue weighted by atomic mass is 16.3. The molecule has 1 N–H and O–H groups in total. The lowest BCUT2D eigenvalue weighted by molar-refractivity contribution is 0.0797. The molecule has 0 amide bonds. The van der Waals surface area contributed by atoms with Crippen LogP contribution in [0.3, 0.4) is 0 Å². The Morgan fingerprint density at radius 3 is 2.64 bits per heavy atom. The molecule has 1 aliphatic rings. The molecule has 1 fully saturated rings. The van der Waals surface area contributed by atoms with Crippen molar-refractivity contribution in [3.8, 4) is 0 Å². The summed E-state index contributed by atoms with van der Waals surface area (Å²) in [6.07, 6.45) is 1.76. The van der Waals surface area contributed by atoms with Gasteiger partial charge in [0.1, 0.15) is 0 Å². The zero-order chi connectivity index (χ0) is 8.27. The Bertz CT molecular complexity index is 110. The predicted molar refractivity (Wildman–Crippen MR) is 46.5 cm³/mol. The quantitative estimate of drug-likeness (QED) is 0.660. The van der Waals surface area contributed by atoms with Crippen LogP contribution in [0.2, 0.25) is 0 Å². The van der Waals surface area contributed by atoms with Gasteiger partial charge in [-0.2, -0.15) is 0 Å². The molecule has 1 rings (SSSR count). The zero-order valence-electron chi connectivity index (χ0n) is 7.58. The number of aliphatic hydroxyl groups excluding tert-OH is 1.